The van der Waals surface area contributed by atoms with E-state index in [0.717, 1.165) is 17.1 Å². The first-order valence-electron chi connectivity index (χ1n) is 19.9. The van der Waals surface area contributed by atoms with E-state index in [2.05, 4.69) is 217 Å². The summed E-state index contributed by atoms with van der Waals surface area (Å²) in [6.45, 7) is 0. The lowest BCUT2D eigenvalue weighted by Gasteiger charge is -2.28. The fourth-order valence-corrected chi connectivity index (χ4v) is 10.2. The van der Waals surface area contributed by atoms with E-state index in [4.69, 9.17) is 0 Å². The minimum atomic E-state index is 1.12. The number of benzene rings is 10. The second-order valence-corrected chi connectivity index (χ2v) is 16.4. The molecule has 11 aromatic rings. The maximum Gasteiger partial charge on any atom is 0.0468 e. The summed E-state index contributed by atoms with van der Waals surface area (Å²) in [6, 6.07) is 78.1. The molecule has 12 rings (SSSR count). The standard InChI is InChI=1S/C56H35NS/c1-3-10-36(11-4-1)38-20-25-45(26-21-38)57(46-27-22-39(23-28-46)48-15-9-16-50-49-14-7-8-17-55(49)58-56(48)50)47-29-24-42-33-52-53-34-43-30-40(37-12-5-2-6-13-37)18-19-41(43)32-51(53)54(52)35-44(42)31-47/h1-35H. The van der Waals surface area contributed by atoms with Gasteiger partial charge in [0.05, 0.1) is 0 Å². The van der Waals surface area contributed by atoms with E-state index in [0.29, 0.717) is 0 Å². The number of rotatable bonds is 6. The van der Waals surface area contributed by atoms with Crippen LogP contribution < -0.4 is 4.90 Å². The van der Waals surface area contributed by atoms with Crippen molar-refractivity contribution in [1.29, 1.82) is 0 Å². The normalized spacial score (nSPS) is 11.8. The van der Waals surface area contributed by atoms with Crippen molar-refractivity contribution in [2.24, 2.45) is 0 Å². The summed E-state index contributed by atoms with van der Waals surface area (Å²) >= 11 is 1.88. The molecule has 1 heterocycles. The van der Waals surface area contributed by atoms with Crippen molar-refractivity contribution in [3.63, 3.8) is 0 Å². The maximum atomic E-state index is 2.39. The van der Waals surface area contributed by atoms with E-state index >= 15 is 0 Å². The molecule has 1 nitrogen and oxygen atoms in total. The minimum Gasteiger partial charge on any atom is -0.310 e. The Kier molecular flexibility index (Phi) is 7.47. The van der Waals surface area contributed by atoms with E-state index in [-0.39, 0.29) is 0 Å². The van der Waals surface area contributed by atoms with Crippen LogP contribution in [0.15, 0.2) is 212 Å². The van der Waals surface area contributed by atoms with Crippen LogP contribution in [0.4, 0.5) is 17.1 Å². The third-order valence-electron chi connectivity index (χ3n) is 12.0. The molecule has 0 aliphatic heterocycles. The Morgan fingerprint density at radius 3 is 1.43 bits per heavy atom. The van der Waals surface area contributed by atoms with Crippen molar-refractivity contribution in [3.8, 4) is 55.6 Å². The lowest BCUT2D eigenvalue weighted by atomic mass is 9.77. The zero-order chi connectivity index (χ0) is 38.2. The summed E-state index contributed by atoms with van der Waals surface area (Å²) in [6.07, 6.45) is 0. The minimum absolute atomic E-state index is 1.12. The SMILES string of the molecule is c1ccc(-c2ccc(N(c3ccc(-c4cccc5c4sc4ccccc45)cc3)c3ccc4cc5c(cc4c3)-c3cc4ccc(-c6ccccc6)cc4cc3-5)cc2)cc1. The number of nitrogens with zero attached hydrogens (tertiary/aromatic N) is 1. The van der Waals surface area contributed by atoms with Crippen LogP contribution in [0.3, 0.4) is 0 Å². The molecule has 0 unspecified atom stereocenters. The molecular formula is C56H35NS. The monoisotopic (exact) mass is 753 g/mol. The van der Waals surface area contributed by atoms with Gasteiger partial charge in [-0.1, -0.05) is 140 Å². The third-order valence-corrected chi connectivity index (χ3v) is 13.2. The molecule has 10 aromatic carbocycles. The van der Waals surface area contributed by atoms with E-state index < -0.39 is 0 Å². The Morgan fingerprint density at radius 1 is 0.276 bits per heavy atom. The van der Waals surface area contributed by atoms with E-state index in [9.17, 15) is 0 Å². The van der Waals surface area contributed by atoms with Crippen molar-refractivity contribution in [2.75, 3.05) is 4.90 Å². The van der Waals surface area contributed by atoms with Crippen LogP contribution in [0, 0.1) is 0 Å². The fraction of sp³-hybridized carbons (Fsp3) is 0. The predicted molar refractivity (Wildman–Crippen MR) is 250 cm³/mol. The van der Waals surface area contributed by atoms with E-state index in [1.165, 1.54) is 97.4 Å². The molecule has 1 aliphatic rings. The summed E-state index contributed by atoms with van der Waals surface area (Å²) < 4.78 is 2.66. The largest absolute Gasteiger partial charge is 0.310 e. The first-order valence-corrected chi connectivity index (χ1v) is 20.7. The van der Waals surface area contributed by atoms with Gasteiger partial charge in [0, 0.05) is 37.2 Å². The van der Waals surface area contributed by atoms with Gasteiger partial charge >= 0.3 is 0 Å². The lowest BCUT2D eigenvalue weighted by Crippen LogP contribution is -2.10. The Balaban J connectivity index is 0.939. The van der Waals surface area contributed by atoms with Crippen molar-refractivity contribution in [1.82, 2.24) is 0 Å². The van der Waals surface area contributed by atoms with Gasteiger partial charge in [0.25, 0.3) is 0 Å². The quantitative estimate of drug-likeness (QED) is 0.163. The van der Waals surface area contributed by atoms with Crippen LogP contribution in [0.1, 0.15) is 0 Å². The van der Waals surface area contributed by atoms with Gasteiger partial charge in [-0.05, 0) is 150 Å². The van der Waals surface area contributed by atoms with Crippen LogP contribution >= 0.6 is 11.3 Å². The van der Waals surface area contributed by atoms with Crippen molar-refractivity contribution < 1.29 is 0 Å². The van der Waals surface area contributed by atoms with Crippen LogP contribution in [-0.4, -0.2) is 0 Å². The van der Waals surface area contributed by atoms with Gasteiger partial charge in [0.2, 0.25) is 0 Å². The van der Waals surface area contributed by atoms with Gasteiger partial charge in [-0.15, -0.1) is 11.3 Å². The Bertz CT molecular complexity index is 3360. The van der Waals surface area contributed by atoms with E-state index in [1.807, 2.05) is 11.3 Å². The highest BCUT2D eigenvalue weighted by molar-refractivity contribution is 7.26. The molecule has 0 bridgehead atoms. The van der Waals surface area contributed by atoms with Gasteiger partial charge < -0.3 is 4.90 Å². The fourth-order valence-electron chi connectivity index (χ4n) is 9.01. The molecule has 0 saturated heterocycles. The van der Waals surface area contributed by atoms with Gasteiger partial charge in [-0.25, -0.2) is 0 Å². The van der Waals surface area contributed by atoms with Crippen LogP contribution in [0.2, 0.25) is 0 Å². The Morgan fingerprint density at radius 2 is 0.759 bits per heavy atom. The summed E-state index contributed by atoms with van der Waals surface area (Å²) in [7, 11) is 0. The Labute approximate surface area is 341 Å². The molecule has 0 spiro atoms. The molecule has 270 valence electrons. The average molecular weight is 754 g/mol. The number of thiophene rings is 1. The Hall–Kier alpha value is -7.26. The molecule has 1 aliphatic carbocycles. The summed E-state index contributed by atoms with van der Waals surface area (Å²) in [4.78, 5) is 2.39. The van der Waals surface area contributed by atoms with Crippen LogP contribution in [-0.2, 0) is 0 Å². The zero-order valence-corrected chi connectivity index (χ0v) is 32.4. The average Bonchev–Trinajstić information content (AvgIpc) is 3.68. The number of hydrogen-bond donors (Lipinski definition) is 0. The highest BCUT2D eigenvalue weighted by Gasteiger charge is 2.24. The summed E-state index contributed by atoms with van der Waals surface area (Å²) in [5.41, 5.74) is 16.1. The maximum absolute atomic E-state index is 2.39. The highest BCUT2D eigenvalue weighted by atomic mass is 32.1. The number of fused-ring (bicyclic) bond motifs is 9. The van der Waals surface area contributed by atoms with E-state index in [1.54, 1.807) is 0 Å². The molecule has 0 atom stereocenters. The molecule has 2 heteroatoms. The highest BCUT2D eigenvalue weighted by Crippen LogP contribution is 2.51. The molecule has 0 fully saturated rings. The van der Waals surface area contributed by atoms with Gasteiger partial charge in [-0.2, -0.15) is 0 Å². The van der Waals surface area contributed by atoms with Crippen molar-refractivity contribution in [2.45, 2.75) is 0 Å². The molecule has 0 N–H and O–H groups in total. The molecule has 0 amide bonds. The lowest BCUT2D eigenvalue weighted by molar-refractivity contribution is 1.29. The van der Waals surface area contributed by atoms with Crippen LogP contribution in [0.25, 0.3) is 97.4 Å². The smallest absolute Gasteiger partial charge is 0.0468 e. The number of anilines is 3. The number of hydrogen-bond acceptors (Lipinski definition) is 2. The summed E-state index contributed by atoms with van der Waals surface area (Å²) in [5.74, 6) is 0. The summed E-state index contributed by atoms with van der Waals surface area (Å²) in [5, 5.41) is 7.68. The molecule has 1 aromatic heterocycles. The first kappa shape index (κ1) is 32.9. The second kappa shape index (κ2) is 13.2. The van der Waals surface area contributed by atoms with Crippen LogP contribution in [0.5, 0.6) is 0 Å². The van der Waals surface area contributed by atoms with Gasteiger partial charge in [0.15, 0.2) is 0 Å². The molecule has 58 heavy (non-hydrogen) atoms. The van der Waals surface area contributed by atoms with Gasteiger partial charge in [0.1, 0.15) is 0 Å². The van der Waals surface area contributed by atoms with Gasteiger partial charge in [-0.3, -0.25) is 0 Å². The molecule has 0 radical (unpaired) electrons. The molecule has 0 saturated carbocycles. The second-order valence-electron chi connectivity index (χ2n) is 15.3. The zero-order valence-electron chi connectivity index (χ0n) is 31.6. The van der Waals surface area contributed by atoms with Crippen molar-refractivity contribution in [3.05, 3.63) is 212 Å². The topological polar surface area (TPSA) is 3.24 Å². The predicted octanol–water partition coefficient (Wildman–Crippen LogP) is 16.5. The third kappa shape index (κ3) is 5.38. The molecular weight excluding hydrogens is 719 g/mol. The first-order chi connectivity index (χ1) is 28.7. The van der Waals surface area contributed by atoms with Crippen molar-refractivity contribution >= 4 is 70.1 Å².